The van der Waals surface area contributed by atoms with E-state index in [1.54, 1.807) is 46.2 Å². The number of fused-ring (bicyclic) bond motifs is 2. The highest BCUT2D eigenvalue weighted by atomic mass is 35.5. The van der Waals surface area contributed by atoms with Crippen molar-refractivity contribution in [1.82, 2.24) is 15.1 Å². The minimum Gasteiger partial charge on any atom is -0.326 e. The van der Waals surface area contributed by atoms with E-state index in [2.05, 4.69) is 17.5 Å². The molecule has 2 aromatic rings. The zero-order valence-corrected chi connectivity index (χ0v) is 23.0. The Hall–Kier alpha value is -3.43. The van der Waals surface area contributed by atoms with E-state index >= 15 is 0 Å². The molecule has 6 rings (SSSR count). The molecular formula is C28H27ClN4O4S. The summed E-state index contributed by atoms with van der Waals surface area (Å²) in [5, 5.41) is 3.59. The average Bonchev–Trinajstić information content (AvgIpc) is 3.27. The topological polar surface area (TPSA) is 99.2 Å². The van der Waals surface area contributed by atoms with E-state index in [0.29, 0.717) is 16.6 Å². The average molecular weight is 551 g/mol. The van der Waals surface area contributed by atoms with E-state index in [-0.39, 0.29) is 23.4 Å². The number of aliphatic imine (C=N–C) groups is 1. The van der Waals surface area contributed by atoms with Gasteiger partial charge >= 0.3 is 6.03 Å². The van der Waals surface area contributed by atoms with Gasteiger partial charge in [-0.1, -0.05) is 61.9 Å². The molecule has 3 amide bonds. The fourth-order valence-electron chi connectivity index (χ4n) is 5.90. The van der Waals surface area contributed by atoms with Crippen LogP contribution in [-0.4, -0.2) is 48.8 Å². The normalized spacial score (nSPS) is 27.7. The molecule has 3 aliphatic heterocycles. The van der Waals surface area contributed by atoms with Crippen LogP contribution in [0.2, 0.25) is 5.02 Å². The molecule has 8 nitrogen and oxygen atoms in total. The molecule has 0 saturated carbocycles. The number of halogens is 1. The molecule has 10 heteroatoms. The second kappa shape index (κ2) is 8.04. The zero-order chi connectivity index (χ0) is 27.2. The number of rotatable bonds is 3. The van der Waals surface area contributed by atoms with Crippen molar-refractivity contribution in [3.63, 3.8) is 0 Å². The summed E-state index contributed by atoms with van der Waals surface area (Å²) in [6.45, 7) is 5.95. The van der Waals surface area contributed by atoms with E-state index in [0.717, 1.165) is 16.8 Å². The number of carbonyl (C=O) groups is 2. The summed E-state index contributed by atoms with van der Waals surface area (Å²) < 4.78 is 24.1. The maximum absolute atomic E-state index is 14.2. The Labute approximate surface area is 226 Å². The molecule has 3 atom stereocenters. The Morgan fingerprint density at radius 1 is 0.974 bits per heavy atom. The number of hydrogen-bond acceptors (Lipinski definition) is 5. The van der Waals surface area contributed by atoms with Crippen molar-refractivity contribution >= 4 is 39.2 Å². The smallest absolute Gasteiger partial charge is 0.326 e. The van der Waals surface area contributed by atoms with Gasteiger partial charge in [-0.3, -0.25) is 19.6 Å². The highest BCUT2D eigenvalue weighted by Crippen LogP contribution is 2.55. The molecule has 2 aromatic carbocycles. The number of sulfone groups is 1. The number of hydrogen-bond donors (Lipinski definition) is 1. The first-order chi connectivity index (χ1) is 17.8. The maximum atomic E-state index is 14.2. The van der Waals surface area contributed by atoms with Gasteiger partial charge in [-0.15, -0.1) is 0 Å². The molecule has 3 heterocycles. The van der Waals surface area contributed by atoms with Crippen LogP contribution in [-0.2, 0) is 14.6 Å². The number of amides is 3. The summed E-state index contributed by atoms with van der Waals surface area (Å²) in [5.41, 5.74) is 1.82. The molecular weight excluding hydrogens is 524 g/mol. The van der Waals surface area contributed by atoms with E-state index in [1.807, 2.05) is 32.9 Å². The van der Waals surface area contributed by atoms with Crippen LogP contribution < -0.4 is 5.32 Å². The Kier molecular flexibility index (Phi) is 5.26. The third-order valence-corrected chi connectivity index (χ3v) is 9.25. The number of nitrogens with one attached hydrogen (secondary N) is 1. The summed E-state index contributed by atoms with van der Waals surface area (Å²) in [5.74, 6) is 0.352. The lowest BCUT2D eigenvalue weighted by Crippen LogP contribution is -2.64. The van der Waals surface area contributed by atoms with Crippen LogP contribution in [0.15, 0.2) is 82.0 Å². The molecule has 1 saturated heterocycles. The van der Waals surface area contributed by atoms with Crippen LogP contribution in [0.25, 0.3) is 0 Å². The van der Waals surface area contributed by atoms with Crippen molar-refractivity contribution in [2.24, 2.45) is 15.8 Å². The number of allylic oxidation sites excluding steroid dienone is 1. The predicted octanol–water partition coefficient (Wildman–Crippen LogP) is 4.62. The van der Waals surface area contributed by atoms with Gasteiger partial charge in [-0.25, -0.2) is 13.2 Å². The Morgan fingerprint density at radius 2 is 1.61 bits per heavy atom. The van der Waals surface area contributed by atoms with Crippen molar-refractivity contribution in [2.75, 3.05) is 12.8 Å². The molecule has 0 aromatic heterocycles. The van der Waals surface area contributed by atoms with Crippen molar-refractivity contribution in [2.45, 2.75) is 37.8 Å². The third-order valence-electron chi connectivity index (χ3n) is 7.87. The highest BCUT2D eigenvalue weighted by Gasteiger charge is 2.59. The van der Waals surface area contributed by atoms with Gasteiger partial charge in [0, 0.05) is 22.4 Å². The van der Waals surface area contributed by atoms with E-state index in [9.17, 15) is 18.0 Å². The molecule has 1 fully saturated rings. The minimum absolute atomic E-state index is 0.0813. The number of carbonyl (C=O) groups excluding carboxylic acids is 2. The number of nitrogens with zero attached hydrogens (tertiary/aromatic N) is 3. The molecule has 4 aliphatic rings. The molecule has 0 bridgehead atoms. The van der Waals surface area contributed by atoms with E-state index < -0.39 is 32.8 Å². The predicted molar refractivity (Wildman–Crippen MR) is 144 cm³/mol. The number of urea groups is 1. The van der Waals surface area contributed by atoms with Gasteiger partial charge in [-0.2, -0.15) is 0 Å². The number of benzene rings is 2. The fraction of sp³-hybridized carbons (Fsp3) is 0.321. The standard InChI is InChI=1S/C28H27ClN4O4S/c1-27(2)13-14-28(3)24-23(27)30-20(34)15-32(24)26(35)33-22(17-5-9-18(29)10-6-17)21(31-25(28)33)16-7-11-19(12-8-16)38(4,36)37/h5-14,21-22H,15H2,1-4H3,(H,30,34). The SMILES string of the molecule is CC1(C)C=CC2(C)C3=NC(c4ccc(S(C)(=O)=O)cc4)C(c4ccc(Cl)cc4)N3C(=O)N3CC(=O)NC1=C32. The van der Waals surface area contributed by atoms with Gasteiger partial charge in [0.15, 0.2) is 9.84 Å². The summed E-state index contributed by atoms with van der Waals surface area (Å²) in [4.78, 5) is 35.6. The highest BCUT2D eigenvalue weighted by molar-refractivity contribution is 7.90. The van der Waals surface area contributed by atoms with E-state index in [1.165, 1.54) is 6.26 Å². The Balaban J connectivity index is 1.56. The lowest BCUT2D eigenvalue weighted by atomic mass is 9.69. The lowest BCUT2D eigenvalue weighted by molar-refractivity contribution is -0.122. The number of amidine groups is 1. The van der Waals surface area contributed by atoms with Crippen LogP contribution in [0, 0.1) is 10.8 Å². The van der Waals surface area contributed by atoms with E-state index in [4.69, 9.17) is 16.6 Å². The van der Waals surface area contributed by atoms with Crippen molar-refractivity contribution in [3.8, 4) is 0 Å². The molecule has 0 spiro atoms. The van der Waals surface area contributed by atoms with Gasteiger partial charge in [-0.05, 0) is 42.3 Å². The molecule has 1 N–H and O–H groups in total. The molecule has 38 heavy (non-hydrogen) atoms. The quantitative estimate of drug-likeness (QED) is 0.564. The molecule has 0 radical (unpaired) electrons. The van der Waals surface area contributed by atoms with Gasteiger partial charge in [0.05, 0.1) is 22.0 Å². The Bertz CT molecular complexity index is 1590. The van der Waals surface area contributed by atoms with Gasteiger partial charge < -0.3 is 5.32 Å². The van der Waals surface area contributed by atoms with Gasteiger partial charge in [0.25, 0.3) is 0 Å². The first-order valence-electron chi connectivity index (χ1n) is 12.3. The fourth-order valence-corrected chi connectivity index (χ4v) is 6.66. The third kappa shape index (κ3) is 3.55. The largest absolute Gasteiger partial charge is 0.330 e. The van der Waals surface area contributed by atoms with Crippen molar-refractivity contribution in [1.29, 1.82) is 0 Å². The zero-order valence-electron chi connectivity index (χ0n) is 21.4. The summed E-state index contributed by atoms with van der Waals surface area (Å²) >= 11 is 6.19. The van der Waals surface area contributed by atoms with Gasteiger partial charge in [0.2, 0.25) is 5.91 Å². The van der Waals surface area contributed by atoms with Crippen LogP contribution >= 0.6 is 11.6 Å². The maximum Gasteiger partial charge on any atom is 0.330 e. The Morgan fingerprint density at radius 3 is 2.24 bits per heavy atom. The second-order valence-electron chi connectivity index (χ2n) is 11.0. The minimum atomic E-state index is -3.37. The second-order valence-corrected chi connectivity index (χ2v) is 13.5. The van der Waals surface area contributed by atoms with Crippen LogP contribution in [0.3, 0.4) is 0 Å². The molecule has 1 aliphatic carbocycles. The first kappa shape index (κ1) is 24.9. The lowest BCUT2D eigenvalue weighted by Gasteiger charge is -2.53. The monoisotopic (exact) mass is 550 g/mol. The first-order valence-corrected chi connectivity index (χ1v) is 14.6. The van der Waals surface area contributed by atoms with Crippen LogP contribution in [0.4, 0.5) is 4.79 Å². The molecule has 3 unspecified atom stereocenters. The summed E-state index contributed by atoms with van der Waals surface area (Å²) in [6.07, 6.45) is 5.29. The van der Waals surface area contributed by atoms with Crippen molar-refractivity contribution in [3.05, 3.63) is 88.2 Å². The summed E-state index contributed by atoms with van der Waals surface area (Å²) in [6, 6.07) is 12.6. The van der Waals surface area contributed by atoms with Crippen LogP contribution in [0.5, 0.6) is 0 Å². The summed E-state index contributed by atoms with van der Waals surface area (Å²) in [7, 11) is -3.37. The van der Waals surface area contributed by atoms with Crippen LogP contribution in [0.1, 0.15) is 44.0 Å². The molecule has 196 valence electrons. The van der Waals surface area contributed by atoms with Crippen molar-refractivity contribution < 1.29 is 18.0 Å². The van der Waals surface area contributed by atoms with Gasteiger partial charge in [0.1, 0.15) is 18.4 Å².